The molecule has 1 unspecified atom stereocenters. The lowest BCUT2D eigenvalue weighted by Crippen LogP contribution is -2.19. The van der Waals surface area contributed by atoms with Gasteiger partial charge in [0.15, 0.2) is 0 Å². The molecule has 0 aliphatic carbocycles. The summed E-state index contributed by atoms with van der Waals surface area (Å²) in [4.78, 5) is 8.47. The van der Waals surface area contributed by atoms with Gasteiger partial charge in [-0.3, -0.25) is 0 Å². The molecule has 0 saturated heterocycles. The van der Waals surface area contributed by atoms with Gasteiger partial charge in [0.2, 0.25) is 0 Å². The van der Waals surface area contributed by atoms with Gasteiger partial charge in [0.1, 0.15) is 5.82 Å². The molecule has 2 aromatic rings. The number of hydrogen-bond acceptors (Lipinski definition) is 4. The average molecular weight is 205 g/mol. The van der Waals surface area contributed by atoms with Crippen LogP contribution in [-0.2, 0) is 0 Å². The van der Waals surface area contributed by atoms with Gasteiger partial charge < -0.3 is 5.32 Å². The van der Waals surface area contributed by atoms with Crippen LogP contribution in [0.2, 0.25) is 0 Å². The second-order valence-electron chi connectivity index (χ2n) is 2.89. The normalized spacial score (nSPS) is 12.6. The van der Waals surface area contributed by atoms with E-state index in [-0.39, 0.29) is 6.04 Å². The molecule has 0 fully saturated rings. The number of aromatic nitrogens is 2. The van der Waals surface area contributed by atoms with E-state index in [1.807, 2.05) is 13.1 Å². The minimum absolute atomic E-state index is 0.0995. The Labute approximate surface area is 86.8 Å². The molecule has 0 aromatic carbocycles. The molecule has 0 aliphatic rings. The molecular weight excluding hydrogens is 194 g/mol. The lowest BCUT2D eigenvalue weighted by molar-refractivity contribution is 0.648. The first-order valence-corrected chi connectivity index (χ1v) is 5.32. The summed E-state index contributed by atoms with van der Waals surface area (Å²) in [6.07, 6.45) is 3.53. The third-order valence-electron chi connectivity index (χ3n) is 2.01. The van der Waals surface area contributed by atoms with Crippen molar-refractivity contribution in [3.63, 3.8) is 0 Å². The number of hydrogen-bond donors (Lipinski definition) is 1. The molecular formula is C10H11N3S. The van der Waals surface area contributed by atoms with Gasteiger partial charge in [0.05, 0.1) is 6.04 Å². The van der Waals surface area contributed by atoms with Crippen LogP contribution in [0.5, 0.6) is 0 Å². The highest BCUT2D eigenvalue weighted by Crippen LogP contribution is 2.20. The van der Waals surface area contributed by atoms with E-state index in [0.717, 1.165) is 5.82 Å². The molecule has 2 rings (SSSR count). The lowest BCUT2D eigenvalue weighted by Gasteiger charge is -2.12. The zero-order valence-electron chi connectivity index (χ0n) is 7.84. The van der Waals surface area contributed by atoms with E-state index in [1.165, 1.54) is 5.56 Å². The minimum Gasteiger partial charge on any atom is -0.307 e. The summed E-state index contributed by atoms with van der Waals surface area (Å²) in [6.45, 7) is 0. The molecule has 0 amide bonds. The van der Waals surface area contributed by atoms with Crippen molar-refractivity contribution in [2.24, 2.45) is 0 Å². The highest BCUT2D eigenvalue weighted by molar-refractivity contribution is 7.07. The maximum atomic E-state index is 4.24. The van der Waals surface area contributed by atoms with Crippen LogP contribution >= 0.6 is 11.3 Å². The van der Waals surface area contributed by atoms with Gasteiger partial charge >= 0.3 is 0 Å². The number of rotatable bonds is 3. The van der Waals surface area contributed by atoms with Crippen LogP contribution in [0.25, 0.3) is 0 Å². The van der Waals surface area contributed by atoms with Crippen molar-refractivity contribution < 1.29 is 0 Å². The quantitative estimate of drug-likeness (QED) is 0.831. The summed E-state index contributed by atoms with van der Waals surface area (Å²) in [5, 5.41) is 7.37. The fraction of sp³-hybridized carbons (Fsp3) is 0.200. The molecule has 4 heteroatoms. The average Bonchev–Trinajstić information content (AvgIpc) is 2.74. The molecule has 2 heterocycles. The summed E-state index contributed by atoms with van der Waals surface area (Å²) in [5.74, 6) is 0.813. The maximum absolute atomic E-state index is 4.24. The third kappa shape index (κ3) is 1.81. The SMILES string of the molecule is CNC(c1ccsc1)c1ncccn1. The Bertz CT molecular complexity index is 372. The first kappa shape index (κ1) is 9.30. The van der Waals surface area contributed by atoms with Gasteiger partial charge in [0, 0.05) is 12.4 Å². The fourth-order valence-electron chi connectivity index (χ4n) is 1.34. The van der Waals surface area contributed by atoms with Crippen LogP contribution in [0.15, 0.2) is 35.3 Å². The largest absolute Gasteiger partial charge is 0.307 e. The zero-order valence-corrected chi connectivity index (χ0v) is 8.66. The Balaban J connectivity index is 2.31. The van der Waals surface area contributed by atoms with Gasteiger partial charge in [-0.15, -0.1) is 0 Å². The van der Waals surface area contributed by atoms with Crippen LogP contribution in [0, 0.1) is 0 Å². The van der Waals surface area contributed by atoms with E-state index in [2.05, 4.69) is 32.1 Å². The van der Waals surface area contributed by atoms with Crippen molar-refractivity contribution in [2.45, 2.75) is 6.04 Å². The Hall–Kier alpha value is -1.26. The molecule has 0 spiro atoms. The van der Waals surface area contributed by atoms with Crippen LogP contribution in [0.4, 0.5) is 0 Å². The summed E-state index contributed by atoms with van der Waals surface area (Å²) in [5.41, 5.74) is 1.21. The highest BCUT2D eigenvalue weighted by atomic mass is 32.1. The highest BCUT2D eigenvalue weighted by Gasteiger charge is 2.13. The first-order valence-electron chi connectivity index (χ1n) is 4.38. The molecule has 1 N–H and O–H groups in total. The third-order valence-corrected chi connectivity index (χ3v) is 2.71. The zero-order chi connectivity index (χ0) is 9.80. The van der Waals surface area contributed by atoms with Gasteiger partial charge in [-0.25, -0.2) is 9.97 Å². The Morgan fingerprint density at radius 3 is 2.71 bits per heavy atom. The van der Waals surface area contributed by atoms with Crippen molar-refractivity contribution in [2.75, 3.05) is 7.05 Å². The number of nitrogens with one attached hydrogen (secondary N) is 1. The molecule has 72 valence electrons. The van der Waals surface area contributed by atoms with Gasteiger partial charge in [-0.05, 0) is 35.5 Å². The van der Waals surface area contributed by atoms with Crippen molar-refractivity contribution in [3.05, 3.63) is 46.7 Å². The molecule has 0 aliphatic heterocycles. The molecule has 1 atom stereocenters. The Kier molecular flexibility index (Phi) is 2.86. The predicted molar refractivity (Wildman–Crippen MR) is 57.3 cm³/mol. The van der Waals surface area contributed by atoms with E-state index in [0.29, 0.717) is 0 Å². The van der Waals surface area contributed by atoms with Gasteiger partial charge in [-0.1, -0.05) is 0 Å². The monoisotopic (exact) mass is 205 g/mol. The summed E-state index contributed by atoms with van der Waals surface area (Å²) >= 11 is 1.68. The van der Waals surface area contributed by atoms with Crippen LogP contribution < -0.4 is 5.32 Å². The second-order valence-corrected chi connectivity index (χ2v) is 3.67. The fourth-order valence-corrected chi connectivity index (χ4v) is 2.03. The van der Waals surface area contributed by atoms with Gasteiger partial charge in [0.25, 0.3) is 0 Å². The minimum atomic E-state index is 0.0995. The second kappa shape index (κ2) is 4.30. The van der Waals surface area contributed by atoms with Crippen molar-refractivity contribution in [1.82, 2.24) is 15.3 Å². The maximum Gasteiger partial charge on any atom is 0.149 e. The van der Waals surface area contributed by atoms with Crippen LogP contribution in [0.3, 0.4) is 0 Å². The Morgan fingerprint density at radius 1 is 1.36 bits per heavy atom. The van der Waals surface area contributed by atoms with E-state index < -0.39 is 0 Å². The van der Waals surface area contributed by atoms with Gasteiger partial charge in [-0.2, -0.15) is 11.3 Å². The summed E-state index contributed by atoms with van der Waals surface area (Å²) in [6, 6.07) is 4.01. The molecule has 14 heavy (non-hydrogen) atoms. The first-order chi connectivity index (χ1) is 6.92. The van der Waals surface area contributed by atoms with Crippen molar-refractivity contribution in [3.8, 4) is 0 Å². The standard InChI is InChI=1S/C10H11N3S/c1-11-9(8-3-6-14-7-8)10-12-4-2-5-13-10/h2-7,9,11H,1H3. The van der Waals surface area contributed by atoms with Crippen LogP contribution in [-0.4, -0.2) is 17.0 Å². The van der Waals surface area contributed by atoms with Crippen molar-refractivity contribution >= 4 is 11.3 Å². The molecule has 0 saturated carbocycles. The molecule has 0 radical (unpaired) electrons. The topological polar surface area (TPSA) is 37.8 Å². The van der Waals surface area contributed by atoms with E-state index in [1.54, 1.807) is 23.7 Å². The predicted octanol–water partition coefficient (Wildman–Crippen LogP) is 1.85. The summed E-state index contributed by atoms with van der Waals surface area (Å²) in [7, 11) is 1.92. The number of nitrogens with zero attached hydrogens (tertiary/aromatic N) is 2. The smallest absolute Gasteiger partial charge is 0.149 e. The van der Waals surface area contributed by atoms with E-state index in [4.69, 9.17) is 0 Å². The number of thiophene rings is 1. The molecule has 3 nitrogen and oxygen atoms in total. The summed E-state index contributed by atoms with van der Waals surface area (Å²) < 4.78 is 0. The van der Waals surface area contributed by atoms with E-state index in [9.17, 15) is 0 Å². The van der Waals surface area contributed by atoms with E-state index >= 15 is 0 Å². The molecule has 0 bridgehead atoms. The Morgan fingerprint density at radius 2 is 2.14 bits per heavy atom. The van der Waals surface area contributed by atoms with Crippen LogP contribution in [0.1, 0.15) is 17.4 Å². The lowest BCUT2D eigenvalue weighted by atomic mass is 10.1. The molecule has 2 aromatic heterocycles. The van der Waals surface area contributed by atoms with Crippen molar-refractivity contribution in [1.29, 1.82) is 0 Å².